The number of carbonyl (C=O) groups is 1. The number of anilines is 1. The van der Waals surface area contributed by atoms with Crippen LogP contribution in [0.15, 0.2) is 6.07 Å². The molecule has 2 aliphatic carbocycles. The monoisotopic (exact) mass is 370 g/mol. The van der Waals surface area contributed by atoms with E-state index in [9.17, 15) is 18.3 Å². The average molecular weight is 370 g/mol. The summed E-state index contributed by atoms with van der Waals surface area (Å²) in [5, 5.41) is 10.2. The fourth-order valence-electron chi connectivity index (χ4n) is 3.39. The number of amides is 1. The smallest absolute Gasteiger partial charge is 0.326 e. The van der Waals surface area contributed by atoms with E-state index in [0.717, 1.165) is 6.42 Å². The van der Waals surface area contributed by atoms with Crippen LogP contribution in [-0.2, 0) is 32.6 Å². The van der Waals surface area contributed by atoms with Gasteiger partial charge in [-0.15, -0.1) is 0 Å². The second kappa shape index (κ2) is 5.84. The maximum Gasteiger partial charge on any atom is 0.326 e. The number of rotatable bonds is 4. The minimum atomic E-state index is -4.19. The van der Waals surface area contributed by atoms with E-state index in [1.54, 1.807) is 4.72 Å². The van der Waals surface area contributed by atoms with Crippen molar-refractivity contribution in [3.8, 4) is 5.75 Å². The van der Waals surface area contributed by atoms with E-state index < -0.39 is 39.9 Å². The lowest BCUT2D eigenvalue weighted by atomic mass is 9.88. The van der Waals surface area contributed by atoms with Gasteiger partial charge in [-0.25, -0.2) is 13.4 Å². The summed E-state index contributed by atoms with van der Waals surface area (Å²) >= 11 is 0. The van der Waals surface area contributed by atoms with Crippen LogP contribution in [0.5, 0.6) is 5.75 Å². The molecule has 1 heterocycles. The topological polar surface area (TPSA) is 95.9 Å². The van der Waals surface area contributed by atoms with Crippen LogP contribution >= 0.6 is 0 Å². The van der Waals surface area contributed by atoms with Crippen molar-refractivity contribution in [2.75, 3.05) is 17.5 Å². The summed E-state index contributed by atoms with van der Waals surface area (Å²) < 4.78 is 47.2. The van der Waals surface area contributed by atoms with E-state index in [-0.39, 0.29) is 6.10 Å². The van der Waals surface area contributed by atoms with E-state index in [1.807, 2.05) is 0 Å². The molecule has 1 saturated heterocycles. The predicted molar refractivity (Wildman–Crippen MR) is 87.0 cm³/mol. The van der Waals surface area contributed by atoms with Crippen molar-refractivity contribution < 1.29 is 27.4 Å². The highest BCUT2D eigenvalue weighted by Crippen LogP contribution is 2.40. The number of aryl methyl sites for hydroxylation is 1. The molecule has 0 radical (unpaired) electrons. The van der Waals surface area contributed by atoms with Gasteiger partial charge in [-0.1, -0.05) is 0 Å². The van der Waals surface area contributed by atoms with E-state index in [2.05, 4.69) is 0 Å². The number of nitrogens with zero attached hydrogens (tertiary/aromatic N) is 1. The van der Waals surface area contributed by atoms with Crippen LogP contribution in [-0.4, -0.2) is 38.7 Å². The van der Waals surface area contributed by atoms with Gasteiger partial charge in [-0.2, -0.15) is 8.42 Å². The summed E-state index contributed by atoms with van der Waals surface area (Å²) in [4.78, 5) is 11.4. The molecule has 0 bridgehead atoms. The first-order valence-electron chi connectivity index (χ1n) is 8.33. The number of fused-ring (bicyclic) bond motifs is 1. The molecule has 9 heteroatoms. The van der Waals surface area contributed by atoms with Crippen LogP contribution in [0.2, 0.25) is 0 Å². The van der Waals surface area contributed by atoms with Crippen molar-refractivity contribution >= 4 is 21.8 Å². The second-order valence-corrected chi connectivity index (χ2v) is 8.47. The van der Waals surface area contributed by atoms with Gasteiger partial charge < -0.3 is 9.84 Å². The Bertz CT molecular complexity index is 837. The number of benzene rings is 1. The number of hydrogen-bond acceptors (Lipinski definition) is 5. The maximum absolute atomic E-state index is 15.1. The fraction of sp³-hybridized carbons (Fsp3) is 0.562. The Morgan fingerprint density at radius 2 is 2.12 bits per heavy atom. The molecule has 136 valence electrons. The second-order valence-electron chi connectivity index (χ2n) is 6.87. The van der Waals surface area contributed by atoms with Crippen LogP contribution < -0.4 is 9.03 Å². The molecule has 1 aliphatic heterocycles. The Hall–Kier alpha value is -1.87. The molecule has 3 aliphatic rings. The number of ether oxygens (including phenoxy) is 1. The number of phenolic OH excluding ortho intramolecular Hbond substituents is 1. The number of aromatic hydroxyl groups is 1. The van der Waals surface area contributed by atoms with Crippen molar-refractivity contribution in [3.63, 3.8) is 0 Å². The molecule has 2 N–H and O–H groups in total. The van der Waals surface area contributed by atoms with Gasteiger partial charge in [0.25, 0.3) is 5.91 Å². The lowest BCUT2D eigenvalue weighted by molar-refractivity contribution is -0.117. The largest absolute Gasteiger partial charge is 0.506 e. The number of carbonyl (C=O) groups excluding carboxylic acids is 1. The summed E-state index contributed by atoms with van der Waals surface area (Å²) in [6.45, 7) is 0.124. The Balaban J connectivity index is 1.66. The Labute approximate surface area is 145 Å². The minimum Gasteiger partial charge on any atom is -0.506 e. The van der Waals surface area contributed by atoms with Crippen molar-refractivity contribution in [2.45, 2.75) is 38.2 Å². The van der Waals surface area contributed by atoms with Gasteiger partial charge in [0.05, 0.1) is 6.10 Å². The average Bonchev–Trinajstić information content (AvgIpc) is 3.31. The molecule has 1 aromatic rings. The first-order valence-corrected chi connectivity index (χ1v) is 9.77. The normalized spacial score (nSPS) is 24.9. The van der Waals surface area contributed by atoms with Crippen LogP contribution in [0.25, 0.3) is 0 Å². The molecule has 1 unspecified atom stereocenters. The zero-order chi connectivity index (χ0) is 17.8. The van der Waals surface area contributed by atoms with Gasteiger partial charge in [-0.3, -0.25) is 4.79 Å². The number of hydrogen-bond donors (Lipinski definition) is 2. The van der Waals surface area contributed by atoms with E-state index in [1.165, 1.54) is 18.9 Å². The first-order chi connectivity index (χ1) is 11.8. The van der Waals surface area contributed by atoms with E-state index >= 15 is 4.39 Å². The SMILES string of the molecule is O=C1CN(c2c(O)cc3c(c2F)CC(OCC2CC2)CC3)S(=O)(=O)N1. The van der Waals surface area contributed by atoms with Gasteiger partial charge in [0.15, 0.2) is 5.82 Å². The van der Waals surface area contributed by atoms with E-state index in [0.29, 0.717) is 40.8 Å². The maximum atomic E-state index is 15.1. The van der Waals surface area contributed by atoms with Crippen LogP contribution in [0.4, 0.5) is 10.1 Å². The fourth-order valence-corrected chi connectivity index (χ4v) is 4.55. The summed E-state index contributed by atoms with van der Waals surface area (Å²) in [6, 6.07) is 1.39. The van der Waals surface area contributed by atoms with Gasteiger partial charge in [0.1, 0.15) is 18.0 Å². The van der Waals surface area contributed by atoms with Crippen LogP contribution in [0.1, 0.15) is 30.4 Å². The van der Waals surface area contributed by atoms with Crippen molar-refractivity contribution in [1.82, 2.24) is 4.72 Å². The van der Waals surface area contributed by atoms with Gasteiger partial charge in [0.2, 0.25) is 0 Å². The quantitative estimate of drug-likeness (QED) is 0.824. The first kappa shape index (κ1) is 16.6. The molecule has 7 nitrogen and oxygen atoms in total. The highest BCUT2D eigenvalue weighted by atomic mass is 32.2. The third-order valence-electron chi connectivity index (χ3n) is 4.92. The third kappa shape index (κ3) is 3.06. The van der Waals surface area contributed by atoms with Gasteiger partial charge in [0, 0.05) is 13.0 Å². The van der Waals surface area contributed by atoms with Crippen molar-refractivity contribution in [3.05, 3.63) is 23.0 Å². The molecule has 1 aromatic carbocycles. The summed E-state index contributed by atoms with van der Waals surface area (Å²) in [5.74, 6) is -1.43. The molecule has 0 aromatic heterocycles. The Morgan fingerprint density at radius 1 is 1.36 bits per heavy atom. The standard InChI is InChI=1S/C16H19FN2O5S/c17-15-12-6-11(24-8-9-1-2-9)4-3-10(12)5-13(20)16(15)19-7-14(21)18-25(19,22)23/h5,9,11,20H,1-4,6-8H2,(H,18,21). The lowest BCUT2D eigenvalue weighted by Gasteiger charge is -2.28. The predicted octanol–water partition coefficient (Wildman–Crippen LogP) is 0.996. The molecule has 4 rings (SSSR count). The van der Waals surface area contributed by atoms with Crippen LogP contribution in [0.3, 0.4) is 0 Å². The van der Waals surface area contributed by atoms with Crippen molar-refractivity contribution in [2.24, 2.45) is 5.92 Å². The van der Waals surface area contributed by atoms with Gasteiger partial charge >= 0.3 is 10.2 Å². The summed E-state index contributed by atoms with van der Waals surface area (Å²) in [7, 11) is -4.19. The lowest BCUT2D eigenvalue weighted by Crippen LogP contribution is -2.31. The molecule has 25 heavy (non-hydrogen) atoms. The number of halogens is 1. The number of phenols is 1. The highest BCUT2D eigenvalue weighted by Gasteiger charge is 2.39. The Morgan fingerprint density at radius 3 is 2.76 bits per heavy atom. The summed E-state index contributed by atoms with van der Waals surface area (Å²) in [5.41, 5.74) is 0.537. The molecule has 1 amide bonds. The molecular weight excluding hydrogens is 351 g/mol. The molecular formula is C16H19FN2O5S. The zero-order valence-corrected chi connectivity index (χ0v) is 14.3. The van der Waals surface area contributed by atoms with Crippen LogP contribution in [0, 0.1) is 11.7 Å². The minimum absolute atomic E-state index is 0.116. The van der Waals surface area contributed by atoms with Gasteiger partial charge in [-0.05, 0) is 48.8 Å². The van der Waals surface area contributed by atoms with Crippen molar-refractivity contribution in [1.29, 1.82) is 0 Å². The molecule has 0 spiro atoms. The zero-order valence-electron chi connectivity index (χ0n) is 13.5. The summed E-state index contributed by atoms with van der Waals surface area (Å²) in [6.07, 6.45) is 3.85. The highest BCUT2D eigenvalue weighted by molar-refractivity contribution is 7.92. The molecule has 1 atom stereocenters. The number of nitrogens with one attached hydrogen (secondary N) is 1. The van der Waals surface area contributed by atoms with E-state index in [4.69, 9.17) is 4.74 Å². The Kier molecular flexibility index (Phi) is 3.88. The third-order valence-corrected chi connectivity index (χ3v) is 6.29. The molecule has 1 saturated carbocycles. The molecule has 2 fully saturated rings.